The molecule has 1 unspecified atom stereocenters. The summed E-state index contributed by atoms with van der Waals surface area (Å²) in [5.41, 5.74) is 7.55. The summed E-state index contributed by atoms with van der Waals surface area (Å²) in [5, 5.41) is 12.7. The Morgan fingerprint density at radius 3 is 2.49 bits per heavy atom. The monoisotopic (exact) mass is 710 g/mol. The average Bonchev–Trinajstić information content (AvgIpc) is 3.46. The van der Waals surface area contributed by atoms with E-state index < -0.39 is 5.82 Å². The second-order valence-electron chi connectivity index (χ2n) is 13.2. The van der Waals surface area contributed by atoms with E-state index in [1.807, 2.05) is 12.1 Å². The summed E-state index contributed by atoms with van der Waals surface area (Å²) >= 11 is 0. The molecule has 3 aromatic carbocycles. The molecule has 5 heterocycles. The predicted molar refractivity (Wildman–Crippen MR) is 205 cm³/mol. The molecule has 6 aromatic rings. The molecule has 268 valence electrons. The number of pyridine rings is 1. The number of nitrogens with zero attached hydrogens (tertiary/aromatic N) is 5. The highest BCUT2D eigenvalue weighted by molar-refractivity contribution is 6.10. The Morgan fingerprint density at radius 2 is 1.75 bits per heavy atom. The quantitative estimate of drug-likeness (QED) is 0.116. The Bertz CT molecular complexity index is 2290. The van der Waals surface area contributed by atoms with Gasteiger partial charge >= 0.3 is 0 Å². The van der Waals surface area contributed by atoms with Gasteiger partial charge in [-0.15, -0.1) is 0 Å². The van der Waals surface area contributed by atoms with E-state index in [0.717, 1.165) is 59.8 Å². The van der Waals surface area contributed by atoms with Crippen LogP contribution in [0, 0.1) is 5.82 Å². The fourth-order valence-electron chi connectivity index (χ4n) is 7.25. The van der Waals surface area contributed by atoms with Crippen LogP contribution in [0.1, 0.15) is 44.8 Å². The van der Waals surface area contributed by atoms with Crippen LogP contribution in [0.5, 0.6) is 0 Å². The SMILES string of the molecule is CNc1nc(Nc2ccc(N3CCN(C(C)c4ccc(-c5[nH]c6cc(F)cc7c6c5CCNC7=O)cc4)CC3)cc2)ncc1C(=O)Nc1ccccn1. The van der Waals surface area contributed by atoms with Gasteiger partial charge in [0.25, 0.3) is 11.8 Å². The van der Waals surface area contributed by atoms with Gasteiger partial charge in [0.05, 0.1) is 5.56 Å². The van der Waals surface area contributed by atoms with E-state index in [0.29, 0.717) is 47.2 Å². The van der Waals surface area contributed by atoms with Gasteiger partial charge in [-0.25, -0.2) is 14.4 Å². The van der Waals surface area contributed by atoms with Gasteiger partial charge in [0.15, 0.2) is 0 Å². The van der Waals surface area contributed by atoms with Gasteiger partial charge in [-0.1, -0.05) is 30.3 Å². The van der Waals surface area contributed by atoms with Crippen molar-refractivity contribution in [3.8, 4) is 11.3 Å². The molecule has 2 amide bonds. The predicted octanol–water partition coefficient (Wildman–Crippen LogP) is 6.37. The summed E-state index contributed by atoms with van der Waals surface area (Å²) in [6.07, 6.45) is 3.78. The van der Waals surface area contributed by atoms with Crippen LogP contribution in [0.4, 0.5) is 33.3 Å². The standard InChI is InChI=1S/C40H39FN10O2/c1-24(25-6-8-26(9-7-25)36-30-14-16-44-38(52)31-21-27(41)22-33(47-36)35(30)31)50-17-19-51(20-18-50)29-12-10-28(11-13-29)46-40-45-23-32(37(42-2)49-40)39(53)48-34-5-3-4-15-43-34/h3-13,15,21-24,47H,14,16-20H2,1-2H3,(H,44,52)(H,43,48,53)(H2,42,45,46,49). The van der Waals surface area contributed by atoms with Gasteiger partial charge < -0.3 is 31.2 Å². The van der Waals surface area contributed by atoms with Gasteiger partial charge in [-0.05, 0) is 78.6 Å². The number of carbonyl (C=O) groups excluding carboxylic acids is 2. The maximum Gasteiger partial charge on any atom is 0.262 e. The molecule has 1 fully saturated rings. The molecule has 0 bridgehead atoms. The lowest BCUT2D eigenvalue weighted by atomic mass is 9.98. The number of benzene rings is 3. The summed E-state index contributed by atoms with van der Waals surface area (Å²) in [7, 11) is 1.71. The lowest BCUT2D eigenvalue weighted by molar-refractivity contribution is 0.0955. The number of aromatic amines is 1. The number of hydrogen-bond acceptors (Lipinski definition) is 9. The number of amides is 2. The first-order valence-corrected chi connectivity index (χ1v) is 17.7. The Morgan fingerprint density at radius 1 is 0.962 bits per heavy atom. The fraction of sp³-hybridized carbons (Fsp3) is 0.225. The molecule has 1 saturated heterocycles. The third-order valence-corrected chi connectivity index (χ3v) is 10.1. The van der Waals surface area contributed by atoms with Crippen molar-refractivity contribution in [1.82, 2.24) is 30.2 Å². The van der Waals surface area contributed by atoms with Crippen LogP contribution in [-0.4, -0.2) is 76.4 Å². The number of nitrogens with one attached hydrogen (secondary N) is 5. The molecule has 13 heteroatoms. The number of carbonyl (C=O) groups is 2. The second-order valence-corrected chi connectivity index (χ2v) is 13.2. The zero-order valence-corrected chi connectivity index (χ0v) is 29.4. The molecule has 0 saturated carbocycles. The first-order chi connectivity index (χ1) is 25.8. The average molecular weight is 711 g/mol. The first-order valence-electron chi connectivity index (χ1n) is 17.7. The van der Waals surface area contributed by atoms with E-state index in [-0.39, 0.29) is 17.9 Å². The van der Waals surface area contributed by atoms with Crippen LogP contribution in [-0.2, 0) is 6.42 Å². The normalized spacial score (nSPS) is 15.1. The van der Waals surface area contributed by atoms with E-state index >= 15 is 0 Å². The van der Waals surface area contributed by atoms with Gasteiger partial charge in [0, 0.05) is 86.2 Å². The Kier molecular flexibility index (Phi) is 9.15. The van der Waals surface area contributed by atoms with Gasteiger partial charge in [-0.3, -0.25) is 14.5 Å². The number of H-pyrrole nitrogens is 1. The number of anilines is 5. The van der Waals surface area contributed by atoms with E-state index in [4.69, 9.17) is 0 Å². The zero-order chi connectivity index (χ0) is 36.5. The molecule has 0 radical (unpaired) electrons. The van der Waals surface area contributed by atoms with Crippen molar-refractivity contribution in [3.63, 3.8) is 0 Å². The van der Waals surface area contributed by atoms with Gasteiger partial charge in [0.1, 0.15) is 23.0 Å². The minimum Gasteiger partial charge on any atom is -0.372 e. The van der Waals surface area contributed by atoms with Crippen molar-refractivity contribution >= 4 is 51.7 Å². The molecule has 53 heavy (non-hydrogen) atoms. The minimum absolute atomic E-state index is 0.236. The summed E-state index contributed by atoms with van der Waals surface area (Å²) in [6.45, 7) is 6.40. The largest absolute Gasteiger partial charge is 0.372 e. The summed E-state index contributed by atoms with van der Waals surface area (Å²) in [5.74, 6) is 0.206. The molecule has 2 aliphatic heterocycles. The van der Waals surface area contributed by atoms with Crippen molar-refractivity contribution in [1.29, 1.82) is 0 Å². The zero-order valence-electron chi connectivity index (χ0n) is 29.4. The topological polar surface area (TPSA) is 143 Å². The smallest absolute Gasteiger partial charge is 0.262 e. The molecule has 12 nitrogen and oxygen atoms in total. The van der Waals surface area contributed by atoms with Crippen LogP contribution >= 0.6 is 0 Å². The van der Waals surface area contributed by atoms with E-state index in [1.54, 1.807) is 31.4 Å². The van der Waals surface area contributed by atoms with Gasteiger partial charge in [-0.2, -0.15) is 4.98 Å². The van der Waals surface area contributed by atoms with Crippen molar-refractivity contribution in [2.45, 2.75) is 19.4 Å². The molecule has 3 aromatic heterocycles. The lowest BCUT2D eigenvalue weighted by Crippen LogP contribution is -2.47. The number of aromatic nitrogens is 4. The fourth-order valence-corrected chi connectivity index (χ4v) is 7.25. The Balaban J connectivity index is 0.880. The Labute approximate surface area is 305 Å². The molecule has 0 spiro atoms. The lowest BCUT2D eigenvalue weighted by Gasteiger charge is -2.39. The number of hydrogen-bond donors (Lipinski definition) is 5. The minimum atomic E-state index is -0.426. The van der Waals surface area contributed by atoms with Crippen LogP contribution in [0.15, 0.2) is 91.3 Å². The molecule has 5 N–H and O–H groups in total. The van der Waals surface area contributed by atoms with Crippen molar-refractivity contribution in [2.75, 3.05) is 60.6 Å². The Hall–Kier alpha value is -6.34. The highest BCUT2D eigenvalue weighted by Gasteiger charge is 2.25. The maximum absolute atomic E-state index is 14.4. The highest BCUT2D eigenvalue weighted by Crippen LogP contribution is 2.36. The summed E-state index contributed by atoms with van der Waals surface area (Å²) in [4.78, 5) is 46.7. The number of halogens is 1. The maximum atomic E-state index is 14.4. The molecule has 8 rings (SSSR count). The number of piperazine rings is 1. The molecule has 1 atom stereocenters. The summed E-state index contributed by atoms with van der Waals surface area (Å²) < 4.78 is 14.4. The third-order valence-electron chi connectivity index (χ3n) is 10.1. The molecule has 2 aliphatic rings. The molecular formula is C40H39FN10O2. The van der Waals surface area contributed by atoms with Gasteiger partial charge in [0.2, 0.25) is 5.95 Å². The van der Waals surface area contributed by atoms with Crippen LogP contribution in [0.25, 0.3) is 22.2 Å². The van der Waals surface area contributed by atoms with Crippen molar-refractivity contribution < 1.29 is 14.0 Å². The first kappa shape index (κ1) is 33.8. The van der Waals surface area contributed by atoms with Crippen molar-refractivity contribution in [2.24, 2.45) is 0 Å². The van der Waals surface area contributed by atoms with E-state index in [2.05, 4.69) is 94.3 Å². The highest BCUT2D eigenvalue weighted by atomic mass is 19.1. The van der Waals surface area contributed by atoms with E-state index in [1.165, 1.54) is 23.9 Å². The van der Waals surface area contributed by atoms with E-state index in [9.17, 15) is 14.0 Å². The molecule has 0 aliphatic carbocycles. The van der Waals surface area contributed by atoms with Crippen LogP contribution < -0.4 is 26.2 Å². The second kappa shape index (κ2) is 14.4. The molecular weight excluding hydrogens is 672 g/mol. The summed E-state index contributed by atoms with van der Waals surface area (Å²) in [6, 6.07) is 25.1. The van der Waals surface area contributed by atoms with Crippen LogP contribution in [0.2, 0.25) is 0 Å². The van der Waals surface area contributed by atoms with Crippen molar-refractivity contribution in [3.05, 3.63) is 119 Å². The number of rotatable bonds is 9. The van der Waals surface area contributed by atoms with Crippen LogP contribution in [0.3, 0.4) is 0 Å². The third kappa shape index (κ3) is 6.86.